The number of rotatable bonds is 5. The Morgan fingerprint density at radius 1 is 1.28 bits per heavy atom. The maximum Gasteiger partial charge on any atom is 0.387 e. The van der Waals surface area contributed by atoms with Crippen LogP contribution in [-0.2, 0) is 14.8 Å². The number of amides is 1. The molecule has 6 nitrogen and oxygen atoms in total. The predicted molar refractivity (Wildman–Crippen MR) is 92.8 cm³/mol. The van der Waals surface area contributed by atoms with Crippen molar-refractivity contribution in [3.8, 4) is 5.75 Å². The summed E-state index contributed by atoms with van der Waals surface area (Å²) in [4.78, 5) is 13.7. The number of sulfonamides is 1. The van der Waals surface area contributed by atoms with Crippen molar-refractivity contribution in [3.63, 3.8) is 0 Å². The number of ether oxygens (including phenoxy) is 1. The summed E-state index contributed by atoms with van der Waals surface area (Å²) in [5.41, 5.74) is 0.331. The molecular formula is C15H17BrF2N2O4S. The van der Waals surface area contributed by atoms with E-state index in [1.807, 2.05) is 0 Å². The Hall–Kier alpha value is -1.52. The molecule has 0 unspecified atom stereocenters. The van der Waals surface area contributed by atoms with Gasteiger partial charge in [0.15, 0.2) is 0 Å². The van der Waals surface area contributed by atoms with Gasteiger partial charge in [-0.2, -0.15) is 13.1 Å². The van der Waals surface area contributed by atoms with E-state index >= 15 is 0 Å². The van der Waals surface area contributed by atoms with Gasteiger partial charge >= 0.3 is 6.61 Å². The molecule has 1 aliphatic rings. The molecule has 25 heavy (non-hydrogen) atoms. The lowest BCUT2D eigenvalue weighted by atomic mass is 10.2. The van der Waals surface area contributed by atoms with E-state index in [1.54, 1.807) is 12.1 Å². The van der Waals surface area contributed by atoms with Gasteiger partial charge in [-0.3, -0.25) is 4.79 Å². The summed E-state index contributed by atoms with van der Waals surface area (Å²) in [5, 5.41) is 0. The standard InChI is InChI=1S/C15H17BrF2N2O4S/c1-25(22,23)20-8-6-19(7-9-20)14(21)5-2-11-10-12(16)3-4-13(11)24-15(17)18/h2-5,10,15H,6-9H2,1H3/b5-2+. The fourth-order valence-corrected chi connectivity index (χ4v) is 3.56. The third-order valence-electron chi connectivity index (χ3n) is 3.61. The molecule has 0 radical (unpaired) electrons. The first-order valence-corrected chi connectivity index (χ1v) is 9.97. The van der Waals surface area contributed by atoms with E-state index in [0.717, 1.165) is 6.26 Å². The first kappa shape index (κ1) is 19.8. The van der Waals surface area contributed by atoms with Crippen molar-refractivity contribution in [2.75, 3.05) is 32.4 Å². The van der Waals surface area contributed by atoms with Crippen molar-refractivity contribution < 1.29 is 26.7 Å². The molecule has 0 aliphatic carbocycles. The van der Waals surface area contributed by atoms with E-state index in [4.69, 9.17) is 0 Å². The quantitative estimate of drug-likeness (QED) is 0.660. The Morgan fingerprint density at radius 2 is 1.92 bits per heavy atom. The number of nitrogens with zero attached hydrogens (tertiary/aromatic N) is 2. The Labute approximate surface area is 153 Å². The minimum atomic E-state index is -3.27. The molecule has 0 atom stereocenters. The van der Waals surface area contributed by atoms with Crippen LogP contribution in [0.3, 0.4) is 0 Å². The van der Waals surface area contributed by atoms with Gasteiger partial charge in [0.2, 0.25) is 15.9 Å². The van der Waals surface area contributed by atoms with E-state index in [2.05, 4.69) is 20.7 Å². The zero-order valence-corrected chi connectivity index (χ0v) is 15.8. The van der Waals surface area contributed by atoms with Crippen LogP contribution in [0.5, 0.6) is 5.75 Å². The number of piperazine rings is 1. The van der Waals surface area contributed by atoms with Crippen LogP contribution in [0, 0.1) is 0 Å². The first-order chi connectivity index (χ1) is 11.7. The van der Waals surface area contributed by atoms with Crippen molar-refractivity contribution >= 4 is 37.9 Å². The fraction of sp³-hybridized carbons (Fsp3) is 0.400. The van der Waals surface area contributed by atoms with Crippen LogP contribution in [0.2, 0.25) is 0 Å². The van der Waals surface area contributed by atoms with Crippen LogP contribution in [-0.4, -0.2) is 62.6 Å². The van der Waals surface area contributed by atoms with E-state index in [-0.39, 0.29) is 37.8 Å². The minimum absolute atomic E-state index is 0.0378. The molecule has 1 heterocycles. The highest BCUT2D eigenvalue weighted by Crippen LogP contribution is 2.26. The molecule has 1 fully saturated rings. The Balaban J connectivity index is 2.05. The molecule has 0 saturated carbocycles. The molecule has 1 aromatic rings. The van der Waals surface area contributed by atoms with Gasteiger partial charge in [-0.15, -0.1) is 0 Å². The minimum Gasteiger partial charge on any atom is -0.434 e. The number of hydrogen-bond acceptors (Lipinski definition) is 4. The maximum atomic E-state index is 12.4. The second-order valence-electron chi connectivity index (χ2n) is 5.38. The SMILES string of the molecule is CS(=O)(=O)N1CCN(C(=O)/C=C/c2cc(Br)ccc2OC(F)F)CC1. The van der Waals surface area contributed by atoms with Crippen LogP contribution in [0.4, 0.5) is 8.78 Å². The number of hydrogen-bond donors (Lipinski definition) is 0. The number of benzene rings is 1. The molecule has 10 heteroatoms. The monoisotopic (exact) mass is 438 g/mol. The lowest BCUT2D eigenvalue weighted by Crippen LogP contribution is -2.49. The van der Waals surface area contributed by atoms with Gasteiger partial charge in [0.1, 0.15) is 5.75 Å². The molecule has 0 N–H and O–H groups in total. The molecule has 1 saturated heterocycles. The third-order valence-corrected chi connectivity index (χ3v) is 5.41. The summed E-state index contributed by atoms with van der Waals surface area (Å²) in [5.74, 6) is -0.361. The smallest absolute Gasteiger partial charge is 0.387 e. The van der Waals surface area contributed by atoms with Gasteiger partial charge in [-0.1, -0.05) is 15.9 Å². The first-order valence-electron chi connectivity index (χ1n) is 7.33. The summed E-state index contributed by atoms with van der Waals surface area (Å²) in [6.45, 7) is -1.96. The molecule has 1 aliphatic heterocycles. The second-order valence-corrected chi connectivity index (χ2v) is 8.28. The summed E-state index contributed by atoms with van der Waals surface area (Å²) in [6.07, 6.45) is 3.78. The summed E-state index contributed by atoms with van der Waals surface area (Å²) in [6, 6.07) is 4.50. The highest BCUT2D eigenvalue weighted by molar-refractivity contribution is 9.10. The normalized spacial score (nSPS) is 16.6. The highest BCUT2D eigenvalue weighted by atomic mass is 79.9. The zero-order valence-electron chi connectivity index (χ0n) is 13.4. The van der Waals surface area contributed by atoms with Crippen LogP contribution < -0.4 is 4.74 Å². The van der Waals surface area contributed by atoms with Gasteiger partial charge in [0, 0.05) is 42.3 Å². The van der Waals surface area contributed by atoms with E-state index in [1.165, 1.54) is 27.4 Å². The summed E-state index contributed by atoms with van der Waals surface area (Å²) in [7, 11) is -3.27. The molecule has 1 aromatic carbocycles. The fourth-order valence-electron chi connectivity index (χ4n) is 2.36. The van der Waals surface area contributed by atoms with Gasteiger partial charge in [-0.25, -0.2) is 8.42 Å². The van der Waals surface area contributed by atoms with Crippen LogP contribution >= 0.6 is 15.9 Å². The van der Waals surface area contributed by atoms with Gasteiger partial charge in [0.05, 0.1) is 6.26 Å². The van der Waals surface area contributed by atoms with Crippen LogP contribution in [0.15, 0.2) is 28.7 Å². The highest BCUT2D eigenvalue weighted by Gasteiger charge is 2.25. The van der Waals surface area contributed by atoms with Gasteiger partial charge in [0.25, 0.3) is 0 Å². The van der Waals surface area contributed by atoms with Gasteiger partial charge < -0.3 is 9.64 Å². The lowest BCUT2D eigenvalue weighted by molar-refractivity contribution is -0.127. The zero-order chi connectivity index (χ0) is 18.6. The van der Waals surface area contributed by atoms with E-state index < -0.39 is 16.6 Å². The Kier molecular flexibility index (Phi) is 6.53. The largest absolute Gasteiger partial charge is 0.434 e. The Bertz CT molecular complexity index is 763. The topological polar surface area (TPSA) is 66.9 Å². The molecule has 0 bridgehead atoms. The van der Waals surface area contributed by atoms with E-state index in [9.17, 15) is 22.0 Å². The number of alkyl halides is 2. The van der Waals surface area contributed by atoms with Gasteiger partial charge in [-0.05, 0) is 24.3 Å². The molecule has 0 spiro atoms. The van der Waals surface area contributed by atoms with Crippen molar-refractivity contribution in [2.45, 2.75) is 6.61 Å². The Morgan fingerprint density at radius 3 is 2.48 bits per heavy atom. The lowest BCUT2D eigenvalue weighted by Gasteiger charge is -2.32. The van der Waals surface area contributed by atoms with Crippen LogP contribution in [0.25, 0.3) is 6.08 Å². The molecule has 1 amide bonds. The summed E-state index contributed by atoms with van der Waals surface area (Å²) >= 11 is 3.24. The number of carbonyl (C=O) groups is 1. The molecule has 0 aromatic heterocycles. The average Bonchev–Trinajstić information content (AvgIpc) is 2.53. The predicted octanol–water partition coefficient (Wildman–Crippen LogP) is 2.17. The van der Waals surface area contributed by atoms with E-state index in [0.29, 0.717) is 10.0 Å². The average molecular weight is 439 g/mol. The van der Waals surface area contributed by atoms with Crippen molar-refractivity contribution in [3.05, 3.63) is 34.3 Å². The van der Waals surface area contributed by atoms with Crippen LogP contribution in [0.1, 0.15) is 5.56 Å². The molecule has 2 rings (SSSR count). The van der Waals surface area contributed by atoms with Crippen molar-refractivity contribution in [1.29, 1.82) is 0 Å². The maximum absolute atomic E-state index is 12.4. The molecular weight excluding hydrogens is 422 g/mol. The second kappa shape index (κ2) is 8.24. The number of halogens is 3. The molecule has 138 valence electrons. The summed E-state index contributed by atoms with van der Waals surface area (Å²) < 4.78 is 54.2. The van der Waals surface area contributed by atoms with Crippen molar-refractivity contribution in [2.24, 2.45) is 0 Å². The third kappa shape index (κ3) is 5.75. The number of carbonyl (C=O) groups excluding carboxylic acids is 1. The van der Waals surface area contributed by atoms with Crippen molar-refractivity contribution in [1.82, 2.24) is 9.21 Å².